The molecule has 5 heteroatoms. The third kappa shape index (κ3) is 3.05. The Bertz CT molecular complexity index is 687. The van der Waals surface area contributed by atoms with Gasteiger partial charge in [0.15, 0.2) is 0 Å². The third-order valence-corrected chi connectivity index (χ3v) is 4.34. The number of aliphatic imine (C=N–C) groups is 1. The van der Waals surface area contributed by atoms with Crippen molar-refractivity contribution in [1.82, 2.24) is 4.98 Å². The third-order valence-electron chi connectivity index (χ3n) is 4.11. The Balaban J connectivity index is 1.92. The van der Waals surface area contributed by atoms with Gasteiger partial charge in [-0.15, -0.1) is 0 Å². The predicted molar refractivity (Wildman–Crippen MR) is 90.3 cm³/mol. The van der Waals surface area contributed by atoms with E-state index < -0.39 is 0 Å². The SMILES string of the molecule is COCC(COC)CC1=NCCc2c1[nH]c1ccc(Cl)cc21. The van der Waals surface area contributed by atoms with Crippen molar-refractivity contribution in [2.75, 3.05) is 34.0 Å². The van der Waals surface area contributed by atoms with Gasteiger partial charge in [-0.3, -0.25) is 4.99 Å². The van der Waals surface area contributed by atoms with E-state index in [4.69, 9.17) is 26.1 Å². The first kappa shape index (κ1) is 15.5. The van der Waals surface area contributed by atoms with Crippen molar-refractivity contribution >= 4 is 28.2 Å². The van der Waals surface area contributed by atoms with Gasteiger partial charge in [-0.25, -0.2) is 0 Å². The summed E-state index contributed by atoms with van der Waals surface area (Å²) in [5.74, 6) is 0.315. The van der Waals surface area contributed by atoms with Crippen molar-refractivity contribution in [3.8, 4) is 0 Å². The Morgan fingerprint density at radius 3 is 2.77 bits per heavy atom. The molecule has 0 spiro atoms. The molecule has 0 fully saturated rings. The van der Waals surface area contributed by atoms with Gasteiger partial charge in [0.1, 0.15) is 0 Å². The minimum atomic E-state index is 0.315. The highest BCUT2D eigenvalue weighted by molar-refractivity contribution is 6.31. The number of aromatic amines is 1. The number of nitrogens with zero attached hydrogens (tertiary/aromatic N) is 1. The number of benzene rings is 1. The van der Waals surface area contributed by atoms with Crippen molar-refractivity contribution in [1.29, 1.82) is 0 Å². The number of hydrogen-bond donors (Lipinski definition) is 1. The fourth-order valence-corrected chi connectivity index (χ4v) is 3.36. The van der Waals surface area contributed by atoms with E-state index in [0.29, 0.717) is 19.1 Å². The van der Waals surface area contributed by atoms with Crippen LogP contribution in [0.4, 0.5) is 0 Å². The minimum Gasteiger partial charge on any atom is -0.384 e. The van der Waals surface area contributed by atoms with Crippen LogP contribution < -0.4 is 0 Å². The molecule has 1 aromatic heterocycles. The van der Waals surface area contributed by atoms with Crippen molar-refractivity contribution in [3.63, 3.8) is 0 Å². The fraction of sp³-hybridized carbons (Fsp3) is 0.471. The van der Waals surface area contributed by atoms with Crippen LogP contribution in [0.15, 0.2) is 23.2 Å². The Labute approximate surface area is 135 Å². The van der Waals surface area contributed by atoms with E-state index in [1.165, 1.54) is 10.9 Å². The Morgan fingerprint density at radius 1 is 1.27 bits per heavy atom. The van der Waals surface area contributed by atoms with E-state index in [9.17, 15) is 0 Å². The van der Waals surface area contributed by atoms with Crippen LogP contribution in [-0.2, 0) is 15.9 Å². The Hall–Kier alpha value is -1.36. The highest BCUT2D eigenvalue weighted by Gasteiger charge is 2.22. The van der Waals surface area contributed by atoms with Gasteiger partial charge < -0.3 is 14.5 Å². The number of ether oxygens (including phenoxy) is 2. The zero-order chi connectivity index (χ0) is 15.5. The molecule has 2 aromatic rings. The van der Waals surface area contributed by atoms with Gasteiger partial charge in [0.2, 0.25) is 0 Å². The smallest absolute Gasteiger partial charge is 0.0638 e. The summed E-state index contributed by atoms with van der Waals surface area (Å²) >= 11 is 6.14. The monoisotopic (exact) mass is 320 g/mol. The lowest BCUT2D eigenvalue weighted by Crippen LogP contribution is -2.22. The maximum absolute atomic E-state index is 6.14. The molecule has 0 atom stereocenters. The first-order chi connectivity index (χ1) is 10.7. The van der Waals surface area contributed by atoms with Crippen LogP contribution in [0, 0.1) is 5.92 Å². The first-order valence-electron chi connectivity index (χ1n) is 7.54. The average Bonchev–Trinajstić information content (AvgIpc) is 2.87. The number of rotatable bonds is 6. The molecule has 0 bridgehead atoms. The van der Waals surface area contributed by atoms with E-state index >= 15 is 0 Å². The standard InChI is InChI=1S/C17H21ClN2O2/c1-21-9-11(10-22-2)7-16-17-13(5-6-19-16)14-8-12(18)3-4-15(14)20-17/h3-4,8,11,20H,5-7,9-10H2,1-2H3. The number of H-pyrrole nitrogens is 1. The summed E-state index contributed by atoms with van der Waals surface area (Å²) in [6, 6.07) is 5.99. The van der Waals surface area contributed by atoms with Crippen LogP contribution in [0.25, 0.3) is 10.9 Å². The zero-order valence-electron chi connectivity index (χ0n) is 13.0. The molecule has 1 aromatic carbocycles. The molecule has 4 nitrogen and oxygen atoms in total. The van der Waals surface area contributed by atoms with Gasteiger partial charge in [-0.1, -0.05) is 11.6 Å². The fourth-order valence-electron chi connectivity index (χ4n) is 3.19. The number of fused-ring (bicyclic) bond motifs is 3. The molecular weight excluding hydrogens is 300 g/mol. The molecule has 0 aliphatic carbocycles. The van der Waals surface area contributed by atoms with Gasteiger partial charge in [-0.05, 0) is 36.6 Å². The summed E-state index contributed by atoms with van der Waals surface area (Å²) in [5, 5.41) is 1.99. The van der Waals surface area contributed by atoms with E-state index in [1.807, 2.05) is 18.2 Å². The average molecular weight is 321 g/mol. The van der Waals surface area contributed by atoms with Crippen LogP contribution in [0.3, 0.4) is 0 Å². The lowest BCUT2D eigenvalue weighted by atomic mass is 9.96. The normalized spacial score (nSPS) is 14.5. The van der Waals surface area contributed by atoms with Gasteiger partial charge in [0, 0.05) is 42.6 Å². The summed E-state index contributed by atoms with van der Waals surface area (Å²) in [4.78, 5) is 8.25. The van der Waals surface area contributed by atoms with Gasteiger partial charge >= 0.3 is 0 Å². The molecule has 1 aliphatic rings. The topological polar surface area (TPSA) is 46.6 Å². The van der Waals surface area contributed by atoms with Crippen LogP contribution in [-0.4, -0.2) is 44.7 Å². The van der Waals surface area contributed by atoms with Gasteiger partial charge in [0.25, 0.3) is 0 Å². The van der Waals surface area contributed by atoms with Crippen molar-refractivity contribution in [3.05, 3.63) is 34.5 Å². The molecular formula is C17H21ClN2O2. The van der Waals surface area contributed by atoms with Gasteiger partial charge in [0.05, 0.1) is 24.6 Å². The van der Waals surface area contributed by atoms with E-state index in [-0.39, 0.29) is 0 Å². The molecule has 0 unspecified atom stereocenters. The second-order valence-corrected chi connectivity index (χ2v) is 6.16. The summed E-state index contributed by atoms with van der Waals surface area (Å²) in [5.41, 5.74) is 4.73. The summed E-state index contributed by atoms with van der Waals surface area (Å²) in [6.07, 6.45) is 1.81. The highest BCUT2D eigenvalue weighted by atomic mass is 35.5. The number of aromatic nitrogens is 1. The lowest BCUT2D eigenvalue weighted by molar-refractivity contribution is 0.0880. The van der Waals surface area contributed by atoms with Gasteiger partial charge in [-0.2, -0.15) is 0 Å². The van der Waals surface area contributed by atoms with Crippen LogP contribution >= 0.6 is 11.6 Å². The largest absolute Gasteiger partial charge is 0.384 e. The summed E-state index contributed by atoms with van der Waals surface area (Å²) in [7, 11) is 3.45. The second-order valence-electron chi connectivity index (χ2n) is 5.73. The number of nitrogens with one attached hydrogen (secondary N) is 1. The van der Waals surface area contributed by atoms with Crippen LogP contribution in [0.2, 0.25) is 5.02 Å². The maximum Gasteiger partial charge on any atom is 0.0638 e. The molecule has 118 valence electrons. The van der Waals surface area contributed by atoms with Crippen LogP contribution in [0.5, 0.6) is 0 Å². The highest BCUT2D eigenvalue weighted by Crippen LogP contribution is 2.30. The van der Waals surface area contributed by atoms with Crippen molar-refractivity contribution in [2.45, 2.75) is 12.8 Å². The Kier molecular flexibility index (Phi) is 4.81. The molecule has 0 saturated carbocycles. The van der Waals surface area contributed by atoms with Crippen molar-refractivity contribution < 1.29 is 9.47 Å². The molecule has 1 aliphatic heterocycles. The summed E-state index contributed by atoms with van der Waals surface area (Å²) in [6.45, 7) is 2.18. The van der Waals surface area contributed by atoms with E-state index in [0.717, 1.165) is 41.3 Å². The Morgan fingerprint density at radius 2 is 2.05 bits per heavy atom. The molecule has 0 amide bonds. The first-order valence-corrected chi connectivity index (χ1v) is 7.92. The van der Waals surface area contributed by atoms with Crippen LogP contribution in [0.1, 0.15) is 17.7 Å². The molecule has 3 rings (SSSR count). The molecule has 22 heavy (non-hydrogen) atoms. The predicted octanol–water partition coefficient (Wildman–Crippen LogP) is 3.47. The molecule has 0 radical (unpaired) electrons. The lowest BCUT2D eigenvalue weighted by Gasteiger charge is -2.19. The van der Waals surface area contributed by atoms with E-state index in [1.54, 1.807) is 14.2 Å². The summed E-state index contributed by atoms with van der Waals surface area (Å²) < 4.78 is 10.6. The molecule has 2 heterocycles. The quantitative estimate of drug-likeness (QED) is 0.886. The van der Waals surface area contributed by atoms with Crippen molar-refractivity contribution in [2.24, 2.45) is 10.9 Å². The number of halogens is 1. The zero-order valence-corrected chi connectivity index (χ0v) is 13.7. The number of hydrogen-bond acceptors (Lipinski definition) is 3. The molecule has 0 saturated heterocycles. The molecule has 1 N–H and O–H groups in total. The second kappa shape index (κ2) is 6.82. The number of methoxy groups -OCH3 is 2. The van der Waals surface area contributed by atoms with E-state index in [2.05, 4.69) is 4.98 Å². The maximum atomic E-state index is 6.14. The minimum absolute atomic E-state index is 0.315.